The van der Waals surface area contributed by atoms with E-state index >= 15 is 0 Å². The molecule has 6 nitrogen and oxygen atoms in total. The lowest BCUT2D eigenvalue weighted by Crippen LogP contribution is -2.67. The molecule has 2 N–H and O–H groups in total. The molecule has 3 saturated carbocycles. The Labute approximate surface area is 159 Å². The van der Waals surface area contributed by atoms with Gasteiger partial charge >= 0.3 is 5.97 Å². The summed E-state index contributed by atoms with van der Waals surface area (Å²) in [5, 5.41) is 21.4. The maximum absolute atomic E-state index is 12.4. The molecule has 7 atom stereocenters. The molecule has 2 heterocycles. The van der Waals surface area contributed by atoms with Gasteiger partial charge in [0.15, 0.2) is 0 Å². The number of esters is 1. The van der Waals surface area contributed by atoms with Crippen molar-refractivity contribution in [1.29, 1.82) is 0 Å². The number of carbonyl (C=O) groups is 1. The molecule has 0 radical (unpaired) electrons. The molecule has 5 rings (SSSR count). The second kappa shape index (κ2) is 5.15. The van der Waals surface area contributed by atoms with Gasteiger partial charge < -0.3 is 24.4 Å². The predicted octanol–water partition coefficient (Wildman–Crippen LogP) is 1.93. The fourth-order valence-electron chi connectivity index (χ4n) is 7.66. The zero-order valence-electron chi connectivity index (χ0n) is 16.6. The van der Waals surface area contributed by atoms with E-state index in [9.17, 15) is 15.0 Å². The number of carbonyl (C=O) groups excluding carboxylic acids is 1. The summed E-state index contributed by atoms with van der Waals surface area (Å²) in [4.78, 5) is 12.4. The van der Waals surface area contributed by atoms with Crippen molar-refractivity contribution in [2.75, 3.05) is 13.7 Å². The number of ether oxygens (including phenoxy) is 3. The number of fused-ring (bicyclic) bond motifs is 4. The Morgan fingerprint density at radius 3 is 2.63 bits per heavy atom. The number of hydrogen-bond acceptors (Lipinski definition) is 6. The van der Waals surface area contributed by atoms with Gasteiger partial charge in [-0.1, -0.05) is 27.2 Å². The van der Waals surface area contributed by atoms with Crippen LogP contribution in [0, 0.1) is 22.7 Å². The minimum Gasteiger partial charge on any atom is -0.422 e. The van der Waals surface area contributed by atoms with E-state index in [-0.39, 0.29) is 28.4 Å². The van der Waals surface area contributed by atoms with Crippen LogP contribution in [0.25, 0.3) is 0 Å². The molecule has 0 unspecified atom stereocenters. The third-order valence-electron chi connectivity index (χ3n) is 8.68. The summed E-state index contributed by atoms with van der Waals surface area (Å²) in [6.07, 6.45) is 3.93. The predicted molar refractivity (Wildman–Crippen MR) is 95.5 cm³/mol. The Balaban J connectivity index is 1.66. The molecule has 0 aromatic heterocycles. The highest BCUT2D eigenvalue weighted by Gasteiger charge is 2.82. The highest BCUT2D eigenvalue weighted by molar-refractivity contribution is 5.94. The summed E-state index contributed by atoms with van der Waals surface area (Å²) in [5.41, 5.74) is 0.326. The van der Waals surface area contributed by atoms with Crippen molar-refractivity contribution in [3.05, 3.63) is 11.1 Å². The Morgan fingerprint density at radius 1 is 1.22 bits per heavy atom. The van der Waals surface area contributed by atoms with Crippen molar-refractivity contribution in [3.63, 3.8) is 0 Å². The molecule has 4 fully saturated rings. The molecule has 6 heteroatoms. The Morgan fingerprint density at radius 2 is 1.96 bits per heavy atom. The van der Waals surface area contributed by atoms with Gasteiger partial charge in [0.1, 0.15) is 17.8 Å². The van der Waals surface area contributed by atoms with Gasteiger partial charge in [0.05, 0.1) is 12.2 Å². The van der Waals surface area contributed by atoms with Crippen LogP contribution in [0.1, 0.15) is 52.9 Å². The maximum Gasteiger partial charge on any atom is 0.339 e. The van der Waals surface area contributed by atoms with Crippen molar-refractivity contribution in [2.45, 2.75) is 76.5 Å². The standard InChI is InChI=1S/C21H30O6/c1-18(2)7-5-8-19(3)12(18)6-9-20-14(19)15(23)21(25-4)13(16(20)26-20)11(10-22)17(24)27-21/h12,14-16,22-23H,5-10H2,1-4H3/t12-,14+,15-,16-,19-,20+,21-/m1/s1. The summed E-state index contributed by atoms with van der Waals surface area (Å²) in [6, 6.07) is 0. The normalized spacial score (nSPS) is 52.4. The van der Waals surface area contributed by atoms with Crippen molar-refractivity contribution >= 4 is 5.97 Å². The van der Waals surface area contributed by atoms with E-state index in [2.05, 4.69) is 20.8 Å². The van der Waals surface area contributed by atoms with E-state index < -0.39 is 30.1 Å². The average Bonchev–Trinajstić information content (AvgIpc) is 3.20. The number of rotatable bonds is 2. The van der Waals surface area contributed by atoms with Crippen LogP contribution < -0.4 is 0 Å². The SMILES string of the molecule is CO[C@@]12OC(=O)C(CO)=C1[C@H]1O[C@]13CC[C@@H]1C(C)(C)CCC[C@@]1(C)[C@@H]3[C@H]2O. The van der Waals surface area contributed by atoms with Crippen LogP contribution >= 0.6 is 0 Å². The molecule has 27 heavy (non-hydrogen) atoms. The number of hydrogen-bond donors (Lipinski definition) is 2. The summed E-state index contributed by atoms with van der Waals surface area (Å²) < 4.78 is 17.6. The van der Waals surface area contributed by atoms with Gasteiger partial charge in [-0.2, -0.15) is 0 Å². The topological polar surface area (TPSA) is 88.5 Å². The Bertz CT molecular complexity index is 743. The smallest absolute Gasteiger partial charge is 0.339 e. The number of aliphatic hydroxyl groups is 2. The molecule has 5 aliphatic rings. The van der Waals surface area contributed by atoms with Gasteiger partial charge in [-0.25, -0.2) is 4.79 Å². The van der Waals surface area contributed by atoms with Crippen LogP contribution in [0.3, 0.4) is 0 Å². The second-order valence-electron chi connectivity index (χ2n) is 10.1. The van der Waals surface area contributed by atoms with Crippen LogP contribution in [-0.2, 0) is 19.0 Å². The van der Waals surface area contributed by atoms with Crippen molar-refractivity contribution in [3.8, 4) is 0 Å². The van der Waals surface area contributed by atoms with E-state index in [0.717, 1.165) is 25.7 Å². The maximum atomic E-state index is 12.4. The summed E-state index contributed by atoms with van der Waals surface area (Å²) in [5.74, 6) is -1.83. The first kappa shape index (κ1) is 18.1. The lowest BCUT2D eigenvalue weighted by Gasteiger charge is -2.62. The van der Waals surface area contributed by atoms with Gasteiger partial charge in [-0.15, -0.1) is 0 Å². The van der Waals surface area contributed by atoms with E-state index in [1.54, 1.807) is 0 Å². The number of aliphatic hydroxyl groups excluding tert-OH is 2. The largest absolute Gasteiger partial charge is 0.422 e. The summed E-state index contributed by atoms with van der Waals surface area (Å²) in [7, 11) is 1.46. The van der Waals surface area contributed by atoms with Crippen LogP contribution in [0.4, 0.5) is 0 Å². The van der Waals surface area contributed by atoms with Crippen molar-refractivity contribution in [1.82, 2.24) is 0 Å². The van der Waals surface area contributed by atoms with Gasteiger partial charge in [0.2, 0.25) is 0 Å². The zero-order chi connectivity index (χ0) is 19.4. The van der Waals surface area contributed by atoms with E-state index in [1.165, 1.54) is 13.5 Å². The molecular formula is C21H30O6. The number of methoxy groups -OCH3 is 1. The third-order valence-corrected chi connectivity index (χ3v) is 8.68. The highest BCUT2D eigenvalue weighted by atomic mass is 16.7. The average molecular weight is 378 g/mol. The Hall–Kier alpha value is -0.950. The monoisotopic (exact) mass is 378 g/mol. The van der Waals surface area contributed by atoms with Crippen molar-refractivity contribution in [2.24, 2.45) is 22.7 Å². The van der Waals surface area contributed by atoms with E-state index in [1.807, 2.05) is 0 Å². The lowest BCUT2D eigenvalue weighted by atomic mass is 9.43. The van der Waals surface area contributed by atoms with Crippen LogP contribution in [0.15, 0.2) is 11.1 Å². The minimum absolute atomic E-state index is 0.112. The second-order valence-corrected chi connectivity index (χ2v) is 10.1. The molecule has 0 aromatic carbocycles. The fraction of sp³-hybridized carbons (Fsp3) is 0.857. The summed E-state index contributed by atoms with van der Waals surface area (Å²) in [6.45, 7) is 6.53. The first-order valence-electron chi connectivity index (χ1n) is 10.2. The first-order valence-corrected chi connectivity index (χ1v) is 10.2. The number of epoxide rings is 1. The highest BCUT2D eigenvalue weighted by Crippen LogP contribution is 2.73. The van der Waals surface area contributed by atoms with Gasteiger partial charge in [0, 0.05) is 18.6 Å². The lowest BCUT2D eigenvalue weighted by molar-refractivity contribution is -0.271. The van der Waals surface area contributed by atoms with Gasteiger partial charge in [0.25, 0.3) is 5.79 Å². The molecule has 1 spiro atoms. The molecule has 2 aliphatic heterocycles. The van der Waals surface area contributed by atoms with Gasteiger partial charge in [-0.05, 0) is 42.4 Å². The quantitative estimate of drug-likeness (QED) is 0.564. The molecule has 150 valence electrons. The van der Waals surface area contributed by atoms with Crippen LogP contribution in [-0.4, -0.2) is 53.5 Å². The Kier molecular flexibility index (Phi) is 3.45. The molecule has 3 aliphatic carbocycles. The molecule has 0 bridgehead atoms. The molecular weight excluding hydrogens is 348 g/mol. The van der Waals surface area contributed by atoms with E-state index in [4.69, 9.17) is 14.2 Å². The fourth-order valence-corrected chi connectivity index (χ4v) is 7.66. The third kappa shape index (κ3) is 1.88. The van der Waals surface area contributed by atoms with Crippen LogP contribution in [0.2, 0.25) is 0 Å². The van der Waals surface area contributed by atoms with Crippen LogP contribution in [0.5, 0.6) is 0 Å². The van der Waals surface area contributed by atoms with E-state index in [0.29, 0.717) is 11.5 Å². The molecule has 1 saturated heterocycles. The van der Waals surface area contributed by atoms with Gasteiger partial charge in [-0.3, -0.25) is 0 Å². The molecule has 0 aromatic rings. The summed E-state index contributed by atoms with van der Waals surface area (Å²) >= 11 is 0. The van der Waals surface area contributed by atoms with Crippen molar-refractivity contribution < 1.29 is 29.2 Å². The minimum atomic E-state index is -1.53. The zero-order valence-corrected chi connectivity index (χ0v) is 16.6. The first-order chi connectivity index (χ1) is 12.7. The molecule has 0 amide bonds.